The summed E-state index contributed by atoms with van der Waals surface area (Å²) in [6, 6.07) is 4.22. The number of alkyl halides is 1. The van der Waals surface area contributed by atoms with Gasteiger partial charge in [-0.15, -0.1) is 11.6 Å². The van der Waals surface area contributed by atoms with Crippen LogP contribution >= 0.6 is 11.6 Å². The molecule has 6 heteroatoms. The molecule has 0 saturated carbocycles. The normalized spacial score (nSPS) is 9.76. The van der Waals surface area contributed by atoms with E-state index in [1.165, 1.54) is 25.1 Å². The second-order valence-corrected chi connectivity index (χ2v) is 3.63. The highest BCUT2D eigenvalue weighted by Crippen LogP contribution is 2.18. The molecule has 0 heterocycles. The number of carbonyl (C=O) groups excluding carboxylic acids is 3. The van der Waals surface area contributed by atoms with Crippen molar-refractivity contribution >= 4 is 34.9 Å². The Morgan fingerprint density at radius 3 is 2.47 bits per heavy atom. The number of rotatable bonds is 4. The van der Waals surface area contributed by atoms with E-state index in [1.54, 1.807) is 0 Å². The van der Waals surface area contributed by atoms with Gasteiger partial charge in [-0.1, -0.05) is 0 Å². The van der Waals surface area contributed by atoms with Crippen LogP contribution < -0.4 is 11.1 Å². The fourth-order valence-corrected chi connectivity index (χ4v) is 1.35. The van der Waals surface area contributed by atoms with Gasteiger partial charge < -0.3 is 11.1 Å². The number of primary amides is 1. The molecule has 1 aromatic carbocycles. The molecule has 2 amide bonds. The number of benzene rings is 1. The third kappa shape index (κ3) is 3.29. The van der Waals surface area contributed by atoms with Gasteiger partial charge in [0.1, 0.15) is 5.88 Å². The van der Waals surface area contributed by atoms with E-state index >= 15 is 0 Å². The second kappa shape index (κ2) is 5.45. The molecule has 1 aromatic rings. The third-order valence-electron chi connectivity index (χ3n) is 2.08. The molecule has 5 nitrogen and oxygen atoms in total. The first-order valence-corrected chi connectivity index (χ1v) is 5.29. The van der Waals surface area contributed by atoms with E-state index < -0.39 is 11.8 Å². The quantitative estimate of drug-likeness (QED) is 0.624. The summed E-state index contributed by atoms with van der Waals surface area (Å²) in [5.41, 5.74) is 5.84. The van der Waals surface area contributed by atoms with Crippen molar-refractivity contribution < 1.29 is 14.4 Å². The van der Waals surface area contributed by atoms with Crippen LogP contribution in [0.5, 0.6) is 0 Å². The average Bonchev–Trinajstić information content (AvgIpc) is 2.28. The number of anilines is 1. The Morgan fingerprint density at radius 2 is 2.00 bits per heavy atom. The summed E-state index contributed by atoms with van der Waals surface area (Å²) in [6.45, 7) is 1.33. The molecule has 17 heavy (non-hydrogen) atoms. The fraction of sp³-hybridized carbons (Fsp3) is 0.182. The minimum Gasteiger partial charge on any atom is -0.366 e. The molecule has 0 fully saturated rings. The van der Waals surface area contributed by atoms with Crippen LogP contribution in [0.3, 0.4) is 0 Å². The first-order valence-electron chi connectivity index (χ1n) is 4.76. The molecule has 0 spiro atoms. The molecular formula is C11H11ClN2O3. The summed E-state index contributed by atoms with van der Waals surface area (Å²) in [5, 5.41) is 2.46. The number of halogens is 1. The zero-order valence-corrected chi connectivity index (χ0v) is 9.88. The van der Waals surface area contributed by atoms with Crippen molar-refractivity contribution in [3.63, 3.8) is 0 Å². The lowest BCUT2D eigenvalue weighted by atomic mass is 10.0. The highest BCUT2D eigenvalue weighted by Gasteiger charge is 2.12. The van der Waals surface area contributed by atoms with Crippen molar-refractivity contribution in [3.05, 3.63) is 29.3 Å². The van der Waals surface area contributed by atoms with Crippen LogP contribution in [0.2, 0.25) is 0 Å². The average molecular weight is 255 g/mol. The van der Waals surface area contributed by atoms with Gasteiger partial charge in [0.05, 0.1) is 5.69 Å². The highest BCUT2D eigenvalue weighted by atomic mass is 35.5. The summed E-state index contributed by atoms with van der Waals surface area (Å²) in [7, 11) is 0. The Hall–Kier alpha value is -1.88. The van der Waals surface area contributed by atoms with Gasteiger partial charge in [0.25, 0.3) is 0 Å². The van der Waals surface area contributed by atoms with Crippen molar-refractivity contribution in [1.82, 2.24) is 0 Å². The predicted molar refractivity (Wildman–Crippen MR) is 64.3 cm³/mol. The number of carbonyl (C=O) groups is 3. The van der Waals surface area contributed by atoms with E-state index in [2.05, 4.69) is 5.32 Å². The number of hydrogen-bond donors (Lipinski definition) is 2. The zero-order valence-electron chi connectivity index (χ0n) is 9.12. The van der Waals surface area contributed by atoms with Crippen molar-refractivity contribution in [2.45, 2.75) is 6.92 Å². The summed E-state index contributed by atoms with van der Waals surface area (Å²) < 4.78 is 0. The van der Waals surface area contributed by atoms with Crippen molar-refractivity contribution in [2.24, 2.45) is 5.73 Å². The predicted octanol–water partition coefficient (Wildman–Crippen LogP) is 1.17. The maximum absolute atomic E-state index is 11.4. The van der Waals surface area contributed by atoms with Gasteiger partial charge in [0.2, 0.25) is 11.8 Å². The molecule has 0 aliphatic heterocycles. The number of nitrogens with two attached hydrogens (primary N) is 1. The minimum atomic E-state index is -0.636. The molecule has 90 valence electrons. The van der Waals surface area contributed by atoms with Gasteiger partial charge in [-0.25, -0.2) is 0 Å². The lowest BCUT2D eigenvalue weighted by Gasteiger charge is -2.09. The van der Waals surface area contributed by atoms with Crippen LogP contribution in [-0.4, -0.2) is 23.5 Å². The van der Waals surface area contributed by atoms with Crippen LogP contribution in [0.4, 0.5) is 5.69 Å². The monoisotopic (exact) mass is 254 g/mol. The maximum Gasteiger partial charge on any atom is 0.248 e. The standard InChI is InChI=1S/C11H11ClN2O3/c1-6(15)8-4-7(11(13)17)2-3-9(8)14-10(16)5-12/h2-4H,5H2,1H3,(H2,13,17)(H,14,16). The molecular weight excluding hydrogens is 244 g/mol. The Labute approximate surface area is 103 Å². The Kier molecular flexibility index (Phi) is 4.23. The Balaban J connectivity index is 3.17. The lowest BCUT2D eigenvalue weighted by Crippen LogP contribution is -2.17. The number of Topliss-reactive ketones (excluding diaryl/α,β-unsaturated/α-hetero) is 1. The molecule has 0 aromatic heterocycles. The van der Waals surface area contributed by atoms with Crippen LogP contribution in [0.1, 0.15) is 27.6 Å². The van der Waals surface area contributed by atoms with E-state index in [0.29, 0.717) is 5.69 Å². The van der Waals surface area contributed by atoms with Gasteiger partial charge in [0.15, 0.2) is 5.78 Å². The van der Waals surface area contributed by atoms with Crippen LogP contribution in [0.25, 0.3) is 0 Å². The smallest absolute Gasteiger partial charge is 0.248 e. The van der Waals surface area contributed by atoms with E-state index in [1.807, 2.05) is 0 Å². The van der Waals surface area contributed by atoms with E-state index in [9.17, 15) is 14.4 Å². The molecule has 0 atom stereocenters. The Morgan fingerprint density at radius 1 is 1.35 bits per heavy atom. The molecule has 0 aliphatic rings. The summed E-state index contributed by atoms with van der Waals surface area (Å²) >= 11 is 5.34. The lowest BCUT2D eigenvalue weighted by molar-refractivity contribution is -0.113. The molecule has 0 radical (unpaired) electrons. The largest absolute Gasteiger partial charge is 0.366 e. The summed E-state index contributed by atoms with van der Waals surface area (Å²) in [4.78, 5) is 33.5. The molecule has 0 saturated heterocycles. The summed E-state index contributed by atoms with van der Waals surface area (Å²) in [6.07, 6.45) is 0. The topological polar surface area (TPSA) is 89.3 Å². The molecule has 0 aliphatic carbocycles. The molecule has 3 N–H and O–H groups in total. The highest BCUT2D eigenvalue weighted by molar-refractivity contribution is 6.29. The first-order chi connectivity index (χ1) is 7.95. The molecule has 1 rings (SSSR count). The van der Waals surface area contributed by atoms with Crippen molar-refractivity contribution in [2.75, 3.05) is 11.2 Å². The molecule has 0 bridgehead atoms. The second-order valence-electron chi connectivity index (χ2n) is 3.36. The van der Waals surface area contributed by atoms with Gasteiger partial charge in [0, 0.05) is 11.1 Å². The fourth-order valence-electron chi connectivity index (χ4n) is 1.28. The van der Waals surface area contributed by atoms with Gasteiger partial charge in [-0.2, -0.15) is 0 Å². The van der Waals surface area contributed by atoms with Crippen LogP contribution in [-0.2, 0) is 4.79 Å². The minimum absolute atomic E-state index is 0.207. The number of nitrogens with one attached hydrogen (secondary N) is 1. The van der Waals surface area contributed by atoms with Gasteiger partial charge in [-0.3, -0.25) is 14.4 Å². The SMILES string of the molecule is CC(=O)c1cc(C(N)=O)ccc1NC(=O)CCl. The third-order valence-corrected chi connectivity index (χ3v) is 2.32. The van der Waals surface area contributed by atoms with E-state index in [0.717, 1.165) is 0 Å². The van der Waals surface area contributed by atoms with E-state index in [4.69, 9.17) is 17.3 Å². The van der Waals surface area contributed by atoms with E-state index in [-0.39, 0.29) is 22.8 Å². The summed E-state index contributed by atoms with van der Waals surface area (Å²) in [5.74, 6) is -1.56. The van der Waals surface area contributed by atoms with Crippen LogP contribution in [0, 0.1) is 0 Å². The van der Waals surface area contributed by atoms with Crippen molar-refractivity contribution in [1.29, 1.82) is 0 Å². The first kappa shape index (κ1) is 13.2. The van der Waals surface area contributed by atoms with Crippen molar-refractivity contribution in [3.8, 4) is 0 Å². The maximum atomic E-state index is 11.4. The number of ketones is 1. The number of amides is 2. The zero-order chi connectivity index (χ0) is 13.0. The van der Waals surface area contributed by atoms with Crippen LogP contribution in [0.15, 0.2) is 18.2 Å². The van der Waals surface area contributed by atoms with Gasteiger partial charge in [-0.05, 0) is 25.1 Å². The molecule has 0 unspecified atom stereocenters. The van der Waals surface area contributed by atoms with Gasteiger partial charge >= 0.3 is 0 Å². The number of hydrogen-bond acceptors (Lipinski definition) is 3. The Bertz CT molecular complexity index is 486.